The second-order valence-electron chi connectivity index (χ2n) is 8.51. The fraction of sp³-hybridized carbons (Fsp3) is 0.250. The number of benzene rings is 3. The van der Waals surface area contributed by atoms with Crippen molar-refractivity contribution in [1.82, 2.24) is 4.98 Å². The van der Waals surface area contributed by atoms with Crippen LogP contribution in [0.25, 0.3) is 10.9 Å². The van der Waals surface area contributed by atoms with Crippen LogP contribution >= 0.6 is 0 Å². The fourth-order valence-corrected chi connectivity index (χ4v) is 4.49. The van der Waals surface area contributed by atoms with Crippen LogP contribution in [-0.4, -0.2) is 32.9 Å². The Morgan fingerprint density at radius 1 is 0.829 bits per heavy atom. The number of methoxy groups -OCH3 is 3. The normalized spacial score (nSPS) is 12.8. The van der Waals surface area contributed by atoms with Crippen molar-refractivity contribution in [2.24, 2.45) is 0 Å². The summed E-state index contributed by atoms with van der Waals surface area (Å²) < 4.78 is 22.6. The molecular weight excluding hydrogens is 442 g/mol. The smallest absolute Gasteiger partial charge is 0.162 e. The molecule has 0 atom stereocenters. The van der Waals surface area contributed by atoms with Crippen molar-refractivity contribution in [3.63, 3.8) is 0 Å². The van der Waals surface area contributed by atoms with Crippen molar-refractivity contribution in [1.29, 1.82) is 0 Å². The molecule has 2 heterocycles. The largest absolute Gasteiger partial charge is 0.493 e. The van der Waals surface area contributed by atoms with Gasteiger partial charge in [0.05, 0.1) is 26.8 Å². The van der Waals surface area contributed by atoms with Crippen LogP contribution in [0.2, 0.25) is 0 Å². The van der Waals surface area contributed by atoms with Crippen molar-refractivity contribution < 1.29 is 18.9 Å². The molecule has 0 bridgehead atoms. The van der Waals surface area contributed by atoms with Crippen LogP contribution in [0.3, 0.4) is 0 Å². The molecule has 0 aliphatic carbocycles. The first-order valence-electron chi connectivity index (χ1n) is 11.5. The third-order valence-corrected chi connectivity index (χ3v) is 6.39. The van der Waals surface area contributed by atoms with Gasteiger partial charge in [0, 0.05) is 36.3 Å². The minimum absolute atomic E-state index is 0.480. The summed E-state index contributed by atoms with van der Waals surface area (Å²) in [5.41, 5.74) is 11.4. The molecule has 0 unspecified atom stereocenters. The Hall–Kier alpha value is -4.13. The standard InChI is InChI=1S/C28H29N3O4/c1-32-24-11-19-9-10-31(16-20(19)12-27(24)35-17-18-7-5-4-6-8-18)28-14-22(29)21-13-25(33-2)26(34-3)15-23(21)30-28/h4-8,11-15H,9-10,16-17H2,1-3H3,(H2,29,30). The van der Waals surface area contributed by atoms with Gasteiger partial charge in [0.25, 0.3) is 0 Å². The number of aromatic nitrogens is 1. The highest BCUT2D eigenvalue weighted by molar-refractivity contribution is 5.94. The highest BCUT2D eigenvalue weighted by atomic mass is 16.5. The molecule has 2 N–H and O–H groups in total. The summed E-state index contributed by atoms with van der Waals surface area (Å²) in [5, 5.41) is 0.838. The second kappa shape index (κ2) is 9.62. The van der Waals surface area contributed by atoms with Crippen LogP contribution in [0.5, 0.6) is 23.0 Å². The average molecular weight is 472 g/mol. The van der Waals surface area contributed by atoms with E-state index in [4.69, 9.17) is 29.7 Å². The van der Waals surface area contributed by atoms with Gasteiger partial charge >= 0.3 is 0 Å². The summed E-state index contributed by atoms with van der Waals surface area (Å²) in [6.07, 6.45) is 0.871. The second-order valence-corrected chi connectivity index (χ2v) is 8.51. The summed E-state index contributed by atoms with van der Waals surface area (Å²) in [4.78, 5) is 7.14. The van der Waals surface area contributed by atoms with Gasteiger partial charge in [0.1, 0.15) is 12.4 Å². The number of hydrogen-bond donors (Lipinski definition) is 1. The lowest BCUT2D eigenvalue weighted by atomic mass is 9.98. The number of nitrogens with zero attached hydrogens (tertiary/aromatic N) is 2. The minimum atomic E-state index is 0.480. The van der Waals surface area contributed by atoms with E-state index in [2.05, 4.69) is 17.0 Å². The number of pyridine rings is 1. The van der Waals surface area contributed by atoms with E-state index in [0.29, 0.717) is 30.3 Å². The third-order valence-electron chi connectivity index (χ3n) is 6.39. The minimum Gasteiger partial charge on any atom is -0.493 e. The van der Waals surface area contributed by atoms with Gasteiger partial charge in [0.2, 0.25) is 0 Å². The third kappa shape index (κ3) is 4.49. The van der Waals surface area contributed by atoms with Crippen molar-refractivity contribution in [2.45, 2.75) is 19.6 Å². The molecule has 0 spiro atoms. The lowest BCUT2D eigenvalue weighted by Gasteiger charge is -2.31. The monoisotopic (exact) mass is 471 g/mol. The summed E-state index contributed by atoms with van der Waals surface area (Å²) in [6, 6.07) is 19.9. The van der Waals surface area contributed by atoms with Gasteiger partial charge in [-0.1, -0.05) is 30.3 Å². The van der Waals surface area contributed by atoms with Crippen molar-refractivity contribution >= 4 is 22.4 Å². The Morgan fingerprint density at radius 2 is 1.51 bits per heavy atom. The molecule has 0 saturated heterocycles. The Bertz CT molecular complexity index is 1360. The first kappa shape index (κ1) is 22.7. The average Bonchev–Trinajstić information content (AvgIpc) is 2.90. The van der Waals surface area contributed by atoms with Gasteiger partial charge in [-0.15, -0.1) is 0 Å². The lowest BCUT2D eigenvalue weighted by molar-refractivity contribution is 0.284. The van der Waals surface area contributed by atoms with Gasteiger partial charge in [-0.2, -0.15) is 0 Å². The van der Waals surface area contributed by atoms with Gasteiger partial charge in [-0.3, -0.25) is 0 Å². The number of hydrogen-bond acceptors (Lipinski definition) is 7. The summed E-state index contributed by atoms with van der Waals surface area (Å²) in [6.45, 7) is 2.01. The number of rotatable bonds is 7. The van der Waals surface area contributed by atoms with Crippen LogP contribution in [0.1, 0.15) is 16.7 Å². The summed E-state index contributed by atoms with van der Waals surface area (Å²) in [5.74, 6) is 3.57. The van der Waals surface area contributed by atoms with E-state index >= 15 is 0 Å². The van der Waals surface area contributed by atoms with Crippen LogP contribution in [0.4, 0.5) is 11.5 Å². The molecule has 5 rings (SSSR count). The number of nitrogen functional groups attached to an aromatic ring is 1. The maximum absolute atomic E-state index is 6.43. The molecule has 1 aromatic heterocycles. The summed E-state index contributed by atoms with van der Waals surface area (Å²) >= 11 is 0. The van der Waals surface area contributed by atoms with Crippen molar-refractivity contribution in [3.05, 3.63) is 77.4 Å². The SMILES string of the molecule is COc1cc2nc(N3CCc4cc(OC)c(OCc5ccccc5)cc4C3)cc(N)c2cc1OC. The molecule has 4 aromatic rings. The molecule has 0 saturated carbocycles. The van der Waals surface area contributed by atoms with Crippen LogP contribution in [-0.2, 0) is 19.6 Å². The zero-order chi connectivity index (χ0) is 24.4. The molecular formula is C28H29N3O4. The van der Waals surface area contributed by atoms with Crippen molar-refractivity contribution in [2.75, 3.05) is 38.5 Å². The van der Waals surface area contributed by atoms with Crippen molar-refractivity contribution in [3.8, 4) is 23.0 Å². The maximum Gasteiger partial charge on any atom is 0.162 e. The first-order valence-corrected chi connectivity index (χ1v) is 11.5. The quantitative estimate of drug-likeness (QED) is 0.407. The molecule has 180 valence electrons. The van der Waals surface area contributed by atoms with Gasteiger partial charge in [-0.05, 0) is 41.3 Å². The van der Waals surface area contributed by atoms with E-state index in [1.807, 2.05) is 48.5 Å². The van der Waals surface area contributed by atoms with E-state index in [1.165, 1.54) is 11.1 Å². The molecule has 0 fully saturated rings. The molecule has 3 aromatic carbocycles. The van der Waals surface area contributed by atoms with E-state index in [1.54, 1.807) is 21.3 Å². The predicted octanol–water partition coefficient (Wildman–Crippen LogP) is 4.98. The van der Waals surface area contributed by atoms with Crippen LogP contribution < -0.4 is 29.6 Å². The number of fused-ring (bicyclic) bond motifs is 2. The van der Waals surface area contributed by atoms with Gasteiger partial charge < -0.3 is 29.6 Å². The van der Waals surface area contributed by atoms with Gasteiger partial charge in [0.15, 0.2) is 23.0 Å². The zero-order valence-corrected chi connectivity index (χ0v) is 20.2. The molecule has 0 amide bonds. The molecule has 7 nitrogen and oxygen atoms in total. The predicted molar refractivity (Wildman–Crippen MR) is 138 cm³/mol. The Kier molecular flexibility index (Phi) is 6.23. The maximum atomic E-state index is 6.43. The van der Waals surface area contributed by atoms with Crippen LogP contribution in [0.15, 0.2) is 60.7 Å². The van der Waals surface area contributed by atoms with E-state index < -0.39 is 0 Å². The van der Waals surface area contributed by atoms with E-state index in [0.717, 1.165) is 46.7 Å². The molecule has 35 heavy (non-hydrogen) atoms. The Labute approximate surface area is 205 Å². The van der Waals surface area contributed by atoms with Gasteiger partial charge in [-0.25, -0.2) is 4.98 Å². The highest BCUT2D eigenvalue weighted by Gasteiger charge is 2.22. The molecule has 1 aliphatic rings. The molecule has 1 aliphatic heterocycles. The highest BCUT2D eigenvalue weighted by Crippen LogP contribution is 2.38. The lowest BCUT2D eigenvalue weighted by Crippen LogP contribution is -2.31. The van der Waals surface area contributed by atoms with E-state index in [9.17, 15) is 0 Å². The summed E-state index contributed by atoms with van der Waals surface area (Å²) in [7, 11) is 4.90. The van der Waals surface area contributed by atoms with E-state index in [-0.39, 0.29) is 0 Å². The fourth-order valence-electron chi connectivity index (χ4n) is 4.49. The number of nitrogens with two attached hydrogens (primary N) is 1. The topological polar surface area (TPSA) is 79.1 Å². The molecule has 7 heteroatoms. The zero-order valence-electron chi connectivity index (χ0n) is 20.2. The first-order chi connectivity index (χ1) is 17.1. The number of anilines is 2. The Morgan fingerprint density at radius 3 is 2.26 bits per heavy atom. The molecule has 0 radical (unpaired) electrons. The van der Waals surface area contributed by atoms with Crippen LogP contribution in [0, 0.1) is 0 Å². The Balaban J connectivity index is 1.44. The number of ether oxygens (including phenoxy) is 4.